The fourth-order valence-electron chi connectivity index (χ4n) is 0.817. The molecule has 0 spiro atoms. The highest BCUT2D eigenvalue weighted by Gasteiger charge is 2.14. The van der Waals surface area contributed by atoms with Crippen LogP contribution in [0.2, 0.25) is 0 Å². The maximum absolute atomic E-state index is 8.78. The van der Waals surface area contributed by atoms with Gasteiger partial charge in [0.2, 0.25) is 0 Å². The van der Waals surface area contributed by atoms with E-state index in [0.29, 0.717) is 10.7 Å². The molecule has 2 N–H and O–H groups in total. The molecule has 0 amide bonds. The fraction of sp³-hybridized carbons (Fsp3) is 0.429. The third-order valence-corrected chi connectivity index (χ3v) is 2.90. The lowest BCUT2D eigenvalue weighted by Crippen LogP contribution is -2.26. The Bertz CT molecular complexity index is 210. The number of thiophene rings is 1. The lowest BCUT2D eigenvalue weighted by molar-refractivity contribution is 0.427. The van der Waals surface area contributed by atoms with Crippen LogP contribution in [0.25, 0.3) is 0 Å². The number of rotatable bonds is 2. The molecular formula is C7H11BO2S. The van der Waals surface area contributed by atoms with Gasteiger partial charge in [0.1, 0.15) is 0 Å². The zero-order chi connectivity index (χ0) is 8.43. The Morgan fingerprint density at radius 1 is 1.36 bits per heavy atom. The van der Waals surface area contributed by atoms with Crippen LogP contribution in [0.4, 0.5) is 0 Å². The molecule has 0 aliphatic rings. The average Bonchev–Trinajstić information content (AvgIpc) is 2.33. The third kappa shape index (κ3) is 2.05. The van der Waals surface area contributed by atoms with E-state index in [1.54, 1.807) is 6.07 Å². The second kappa shape index (κ2) is 3.39. The van der Waals surface area contributed by atoms with E-state index >= 15 is 0 Å². The van der Waals surface area contributed by atoms with E-state index in [9.17, 15) is 0 Å². The standard InChI is InChI=1S/C7H11BO2S/c1-5(2)6-3-4-7(11-6)8(9)10/h3-5,9-10H,1-2H3. The van der Waals surface area contributed by atoms with E-state index in [1.165, 1.54) is 16.2 Å². The molecule has 0 saturated heterocycles. The minimum Gasteiger partial charge on any atom is -0.423 e. The van der Waals surface area contributed by atoms with Gasteiger partial charge >= 0.3 is 7.12 Å². The molecule has 0 aliphatic carbocycles. The van der Waals surface area contributed by atoms with Crippen molar-refractivity contribution in [2.24, 2.45) is 0 Å². The summed E-state index contributed by atoms with van der Waals surface area (Å²) in [7, 11) is -1.31. The van der Waals surface area contributed by atoms with E-state index in [-0.39, 0.29) is 0 Å². The molecule has 4 heteroatoms. The van der Waals surface area contributed by atoms with Gasteiger partial charge in [0.05, 0.1) is 0 Å². The Hall–Kier alpha value is -0.315. The van der Waals surface area contributed by atoms with Crippen molar-refractivity contribution in [2.45, 2.75) is 19.8 Å². The second-order valence-electron chi connectivity index (χ2n) is 2.77. The van der Waals surface area contributed by atoms with Gasteiger partial charge in [0.25, 0.3) is 0 Å². The van der Waals surface area contributed by atoms with Crippen molar-refractivity contribution < 1.29 is 10.0 Å². The summed E-state index contributed by atoms with van der Waals surface area (Å²) in [6, 6.07) is 3.69. The van der Waals surface area contributed by atoms with Crippen LogP contribution in [-0.4, -0.2) is 17.2 Å². The van der Waals surface area contributed by atoms with E-state index in [0.717, 1.165) is 0 Å². The molecule has 60 valence electrons. The van der Waals surface area contributed by atoms with Gasteiger partial charge in [0.15, 0.2) is 0 Å². The van der Waals surface area contributed by atoms with E-state index in [4.69, 9.17) is 10.0 Å². The highest BCUT2D eigenvalue weighted by atomic mass is 32.1. The van der Waals surface area contributed by atoms with Crippen molar-refractivity contribution in [2.75, 3.05) is 0 Å². The van der Waals surface area contributed by atoms with Crippen molar-refractivity contribution in [1.82, 2.24) is 0 Å². The number of hydrogen-bond donors (Lipinski definition) is 2. The molecule has 0 radical (unpaired) electrons. The maximum Gasteiger partial charge on any atom is 0.499 e. The molecule has 1 rings (SSSR count). The van der Waals surface area contributed by atoms with E-state index in [2.05, 4.69) is 13.8 Å². The van der Waals surface area contributed by atoms with Gasteiger partial charge in [-0.15, -0.1) is 11.3 Å². The summed E-state index contributed by atoms with van der Waals surface area (Å²) < 4.78 is 0.619. The summed E-state index contributed by atoms with van der Waals surface area (Å²) >= 11 is 1.45. The minimum atomic E-state index is -1.31. The van der Waals surface area contributed by atoms with Crippen LogP contribution in [0.1, 0.15) is 24.6 Å². The molecule has 0 bridgehead atoms. The van der Waals surface area contributed by atoms with Crippen LogP contribution >= 0.6 is 11.3 Å². The van der Waals surface area contributed by atoms with Gasteiger partial charge in [-0.1, -0.05) is 19.9 Å². The SMILES string of the molecule is CC(C)c1ccc(B(O)O)s1. The Labute approximate surface area is 70.6 Å². The molecule has 0 aliphatic heterocycles. The van der Waals surface area contributed by atoms with Crippen molar-refractivity contribution >= 4 is 23.2 Å². The van der Waals surface area contributed by atoms with Crippen LogP contribution in [-0.2, 0) is 0 Å². The van der Waals surface area contributed by atoms with E-state index in [1.807, 2.05) is 6.07 Å². The van der Waals surface area contributed by atoms with Gasteiger partial charge in [-0.25, -0.2) is 0 Å². The zero-order valence-electron chi connectivity index (χ0n) is 6.61. The first kappa shape index (κ1) is 8.78. The van der Waals surface area contributed by atoms with Gasteiger partial charge in [0, 0.05) is 9.65 Å². The first-order chi connectivity index (χ1) is 5.11. The molecular weight excluding hydrogens is 159 g/mol. The summed E-state index contributed by atoms with van der Waals surface area (Å²) in [4.78, 5) is 1.19. The summed E-state index contributed by atoms with van der Waals surface area (Å²) in [5.74, 6) is 0.465. The largest absolute Gasteiger partial charge is 0.499 e. The van der Waals surface area contributed by atoms with Crippen LogP contribution < -0.4 is 4.78 Å². The highest BCUT2D eigenvalue weighted by Crippen LogP contribution is 2.18. The summed E-state index contributed by atoms with van der Waals surface area (Å²) in [5.41, 5.74) is 0. The molecule has 0 aromatic carbocycles. The summed E-state index contributed by atoms with van der Waals surface area (Å²) in [6.45, 7) is 4.17. The monoisotopic (exact) mass is 170 g/mol. The minimum absolute atomic E-state index is 0.465. The quantitative estimate of drug-likeness (QED) is 0.636. The Morgan fingerprint density at radius 3 is 2.27 bits per heavy atom. The molecule has 0 saturated carbocycles. The van der Waals surface area contributed by atoms with Crippen molar-refractivity contribution in [3.63, 3.8) is 0 Å². The molecule has 0 unspecified atom stereocenters. The Balaban J connectivity index is 2.82. The maximum atomic E-state index is 8.78. The van der Waals surface area contributed by atoms with Gasteiger partial charge < -0.3 is 10.0 Å². The fourth-order valence-corrected chi connectivity index (χ4v) is 1.70. The van der Waals surface area contributed by atoms with Crippen LogP contribution in [0.3, 0.4) is 0 Å². The van der Waals surface area contributed by atoms with Gasteiger partial charge in [-0.05, 0) is 12.0 Å². The molecule has 1 aromatic heterocycles. The molecule has 0 atom stereocenters. The van der Waals surface area contributed by atoms with E-state index < -0.39 is 7.12 Å². The lowest BCUT2D eigenvalue weighted by Gasteiger charge is -1.97. The highest BCUT2D eigenvalue weighted by molar-refractivity contribution is 7.22. The normalized spacial score (nSPS) is 10.6. The third-order valence-electron chi connectivity index (χ3n) is 1.47. The predicted octanol–water partition coefficient (Wildman–Crippen LogP) is 0.551. The number of hydrogen-bond acceptors (Lipinski definition) is 3. The molecule has 0 fully saturated rings. The predicted molar refractivity (Wildman–Crippen MR) is 48.2 cm³/mol. The molecule has 11 heavy (non-hydrogen) atoms. The Kier molecular flexibility index (Phi) is 2.70. The molecule has 2 nitrogen and oxygen atoms in total. The van der Waals surface area contributed by atoms with Crippen molar-refractivity contribution in [3.8, 4) is 0 Å². The van der Waals surface area contributed by atoms with Crippen LogP contribution in [0, 0.1) is 0 Å². The second-order valence-corrected chi connectivity index (χ2v) is 3.92. The first-order valence-corrected chi connectivity index (χ1v) is 4.38. The Morgan fingerprint density at radius 2 is 2.00 bits per heavy atom. The first-order valence-electron chi connectivity index (χ1n) is 3.57. The van der Waals surface area contributed by atoms with Gasteiger partial charge in [-0.3, -0.25) is 0 Å². The van der Waals surface area contributed by atoms with Crippen LogP contribution in [0.15, 0.2) is 12.1 Å². The average molecular weight is 170 g/mol. The lowest BCUT2D eigenvalue weighted by atomic mass is 9.90. The summed E-state index contributed by atoms with van der Waals surface area (Å²) in [6.07, 6.45) is 0. The smallest absolute Gasteiger partial charge is 0.423 e. The molecule has 1 heterocycles. The van der Waals surface area contributed by atoms with Crippen molar-refractivity contribution in [1.29, 1.82) is 0 Å². The van der Waals surface area contributed by atoms with Crippen LogP contribution in [0.5, 0.6) is 0 Å². The van der Waals surface area contributed by atoms with Crippen molar-refractivity contribution in [3.05, 3.63) is 17.0 Å². The van der Waals surface area contributed by atoms with Gasteiger partial charge in [-0.2, -0.15) is 0 Å². The molecule has 1 aromatic rings. The topological polar surface area (TPSA) is 40.5 Å². The summed E-state index contributed by atoms with van der Waals surface area (Å²) in [5, 5.41) is 17.6. The zero-order valence-corrected chi connectivity index (χ0v) is 7.43.